The summed E-state index contributed by atoms with van der Waals surface area (Å²) in [5, 5.41) is 35.0. The maximum absolute atomic E-state index is 12.4. The maximum atomic E-state index is 12.4. The van der Waals surface area contributed by atoms with Crippen molar-refractivity contribution in [1.29, 1.82) is 0 Å². The van der Waals surface area contributed by atoms with Gasteiger partial charge in [0.1, 0.15) is 12.4 Å². The Hall–Kier alpha value is -1.96. The molecule has 190 valence electrons. The highest BCUT2D eigenvalue weighted by Gasteiger charge is 2.71. The highest BCUT2D eigenvalue weighted by molar-refractivity contribution is 5.85. The lowest BCUT2D eigenvalue weighted by molar-refractivity contribution is -0.237. The van der Waals surface area contributed by atoms with Crippen molar-refractivity contribution in [2.45, 2.75) is 88.6 Å². The molecule has 0 aromatic carbocycles. The minimum absolute atomic E-state index is 0.0375. The molecule has 0 radical (unpaired) electrons. The molecule has 1 aromatic rings. The van der Waals surface area contributed by atoms with Gasteiger partial charge in [-0.1, -0.05) is 6.92 Å². The standard InChI is InChI=1S/C28H37NO6/c1-25-8-5-22-23(28(25,33)11-7-21(25)18-13-24(31)35-16-18)6-10-27(32)14-19(30)4-9-26(22,27)17-29-15-20-3-2-12-34-20/h2-3,12-13,17,19,21-23,30,32-33H,4-11,14-16H2,1H3/t19-,21+,22-,23+,25+,26-,27-,28-/m0/s1. The van der Waals surface area contributed by atoms with E-state index in [1.807, 2.05) is 18.3 Å². The molecule has 35 heavy (non-hydrogen) atoms. The van der Waals surface area contributed by atoms with Gasteiger partial charge in [0.15, 0.2) is 0 Å². The van der Waals surface area contributed by atoms with Crippen molar-refractivity contribution in [3.63, 3.8) is 0 Å². The summed E-state index contributed by atoms with van der Waals surface area (Å²) in [7, 11) is 0. The molecule has 2 heterocycles. The van der Waals surface area contributed by atoms with Gasteiger partial charge in [0.05, 0.1) is 30.1 Å². The molecule has 0 bridgehead atoms. The van der Waals surface area contributed by atoms with Gasteiger partial charge in [0.2, 0.25) is 0 Å². The number of esters is 1. The van der Waals surface area contributed by atoms with E-state index in [0.29, 0.717) is 45.3 Å². The number of cyclic esters (lactones) is 1. The Bertz CT molecular complexity index is 1050. The Labute approximate surface area is 206 Å². The number of carbonyl (C=O) groups excluding carboxylic acids is 1. The normalized spacial score (nSPS) is 47.2. The van der Waals surface area contributed by atoms with Crippen LogP contribution in [-0.2, 0) is 16.1 Å². The number of aliphatic imine (C=N–C) groups is 1. The number of rotatable bonds is 4. The lowest BCUT2D eigenvalue weighted by Gasteiger charge is -2.65. The van der Waals surface area contributed by atoms with E-state index in [9.17, 15) is 20.1 Å². The Morgan fingerprint density at radius 1 is 1.11 bits per heavy atom. The molecule has 0 unspecified atom stereocenters. The van der Waals surface area contributed by atoms with Gasteiger partial charge >= 0.3 is 5.97 Å². The summed E-state index contributed by atoms with van der Waals surface area (Å²) < 4.78 is 10.7. The first-order chi connectivity index (χ1) is 16.7. The minimum Gasteiger partial charge on any atom is -0.467 e. The lowest BCUT2D eigenvalue weighted by atomic mass is 9.41. The molecular formula is C28H37NO6. The molecule has 4 aliphatic carbocycles. The lowest BCUT2D eigenvalue weighted by Crippen LogP contribution is -2.68. The number of ether oxygens (including phenoxy) is 1. The summed E-state index contributed by atoms with van der Waals surface area (Å²) in [6.07, 6.45) is 10.9. The zero-order valence-electron chi connectivity index (χ0n) is 20.5. The van der Waals surface area contributed by atoms with Crippen LogP contribution in [0.5, 0.6) is 0 Å². The zero-order chi connectivity index (χ0) is 24.5. The molecule has 0 spiro atoms. The second-order valence-corrected chi connectivity index (χ2v) is 12.1. The molecule has 4 fully saturated rings. The average molecular weight is 484 g/mol. The molecule has 0 saturated heterocycles. The van der Waals surface area contributed by atoms with Crippen molar-refractivity contribution in [1.82, 2.24) is 0 Å². The van der Waals surface area contributed by atoms with Crippen LogP contribution in [0.15, 0.2) is 39.5 Å². The second-order valence-electron chi connectivity index (χ2n) is 12.1. The quantitative estimate of drug-likeness (QED) is 0.446. The summed E-state index contributed by atoms with van der Waals surface area (Å²) in [5.41, 5.74) is -1.79. The number of carbonyl (C=O) groups is 1. The van der Waals surface area contributed by atoms with E-state index in [1.54, 1.807) is 12.3 Å². The van der Waals surface area contributed by atoms with Gasteiger partial charge in [0, 0.05) is 29.5 Å². The maximum Gasteiger partial charge on any atom is 0.331 e. The van der Waals surface area contributed by atoms with Crippen LogP contribution in [0.1, 0.15) is 70.5 Å². The first-order valence-corrected chi connectivity index (χ1v) is 13.2. The average Bonchev–Trinajstić information content (AvgIpc) is 3.54. The Morgan fingerprint density at radius 2 is 1.94 bits per heavy atom. The Balaban J connectivity index is 1.36. The molecule has 4 saturated carbocycles. The van der Waals surface area contributed by atoms with Gasteiger partial charge in [-0.3, -0.25) is 4.99 Å². The number of nitrogens with zero attached hydrogens (tertiary/aromatic N) is 1. The van der Waals surface area contributed by atoms with Crippen molar-refractivity contribution in [2.75, 3.05) is 6.61 Å². The van der Waals surface area contributed by atoms with Crippen LogP contribution in [0.4, 0.5) is 0 Å². The summed E-state index contributed by atoms with van der Waals surface area (Å²) in [6, 6.07) is 3.74. The van der Waals surface area contributed by atoms with Gasteiger partial charge in [-0.25, -0.2) is 4.79 Å². The zero-order valence-corrected chi connectivity index (χ0v) is 20.5. The van der Waals surface area contributed by atoms with E-state index in [4.69, 9.17) is 14.1 Å². The molecule has 7 nitrogen and oxygen atoms in total. The predicted molar refractivity (Wildman–Crippen MR) is 128 cm³/mol. The molecule has 1 aliphatic heterocycles. The fraction of sp³-hybridized carbons (Fsp3) is 0.714. The van der Waals surface area contributed by atoms with Crippen LogP contribution >= 0.6 is 0 Å². The van der Waals surface area contributed by atoms with Crippen LogP contribution < -0.4 is 0 Å². The molecule has 5 aliphatic rings. The second kappa shape index (κ2) is 8.02. The predicted octanol–water partition coefficient (Wildman–Crippen LogP) is 3.56. The van der Waals surface area contributed by atoms with Crippen LogP contribution in [0.3, 0.4) is 0 Å². The summed E-state index contributed by atoms with van der Waals surface area (Å²) >= 11 is 0. The monoisotopic (exact) mass is 483 g/mol. The summed E-state index contributed by atoms with van der Waals surface area (Å²) in [5.74, 6) is 0.761. The van der Waals surface area contributed by atoms with Gasteiger partial charge < -0.3 is 24.5 Å². The third kappa shape index (κ3) is 3.27. The van der Waals surface area contributed by atoms with E-state index in [2.05, 4.69) is 6.92 Å². The number of hydrogen-bond donors (Lipinski definition) is 3. The summed E-state index contributed by atoms with van der Waals surface area (Å²) in [4.78, 5) is 16.6. The van der Waals surface area contributed by atoms with Gasteiger partial charge in [-0.15, -0.1) is 0 Å². The first kappa shape index (κ1) is 23.4. The Kier molecular flexibility index (Phi) is 5.37. The smallest absolute Gasteiger partial charge is 0.331 e. The molecule has 3 N–H and O–H groups in total. The number of aliphatic hydroxyl groups excluding tert-OH is 1. The van der Waals surface area contributed by atoms with Crippen LogP contribution in [0.2, 0.25) is 0 Å². The van der Waals surface area contributed by atoms with Gasteiger partial charge in [-0.2, -0.15) is 0 Å². The number of aliphatic hydroxyl groups is 3. The first-order valence-electron chi connectivity index (χ1n) is 13.2. The fourth-order valence-electron chi connectivity index (χ4n) is 9.06. The highest BCUT2D eigenvalue weighted by Crippen LogP contribution is 2.70. The van der Waals surface area contributed by atoms with E-state index in [1.165, 1.54) is 0 Å². The number of fused-ring (bicyclic) bond motifs is 5. The topological polar surface area (TPSA) is 112 Å². The van der Waals surface area contributed by atoms with E-state index in [0.717, 1.165) is 37.0 Å². The van der Waals surface area contributed by atoms with E-state index in [-0.39, 0.29) is 29.1 Å². The molecule has 8 atom stereocenters. The molecule has 0 amide bonds. The Morgan fingerprint density at radius 3 is 2.69 bits per heavy atom. The van der Waals surface area contributed by atoms with Crippen molar-refractivity contribution < 1.29 is 29.3 Å². The fourth-order valence-corrected chi connectivity index (χ4v) is 9.06. The van der Waals surface area contributed by atoms with Crippen molar-refractivity contribution in [2.24, 2.45) is 33.6 Å². The molecule has 7 heteroatoms. The largest absolute Gasteiger partial charge is 0.467 e. The van der Waals surface area contributed by atoms with Crippen molar-refractivity contribution in [3.8, 4) is 0 Å². The molecule has 6 rings (SSSR count). The van der Waals surface area contributed by atoms with Crippen molar-refractivity contribution >= 4 is 12.2 Å². The third-order valence-electron chi connectivity index (χ3n) is 10.8. The number of hydrogen-bond acceptors (Lipinski definition) is 7. The number of furan rings is 1. The van der Waals surface area contributed by atoms with Gasteiger partial charge in [-0.05, 0) is 86.8 Å². The van der Waals surface area contributed by atoms with Crippen molar-refractivity contribution in [3.05, 3.63) is 35.8 Å². The van der Waals surface area contributed by atoms with Crippen LogP contribution in [0, 0.1) is 28.6 Å². The third-order valence-corrected chi connectivity index (χ3v) is 10.8. The van der Waals surface area contributed by atoms with Crippen LogP contribution in [0.25, 0.3) is 0 Å². The van der Waals surface area contributed by atoms with E-state index < -0.39 is 22.7 Å². The highest BCUT2D eigenvalue weighted by atomic mass is 16.5. The van der Waals surface area contributed by atoms with Crippen LogP contribution in [-0.4, -0.2) is 51.4 Å². The SMILES string of the molecule is C[C@]12CC[C@H]3[C@@H](CC[C@]4(O)C[C@@H](O)CC[C@]34C=NCc3ccco3)[C@@]1(O)CC[C@@H]2C1=CC(=O)OC1. The van der Waals surface area contributed by atoms with Gasteiger partial charge in [0.25, 0.3) is 0 Å². The molecular weight excluding hydrogens is 446 g/mol. The summed E-state index contributed by atoms with van der Waals surface area (Å²) in [6.45, 7) is 2.95. The minimum atomic E-state index is -1.03. The van der Waals surface area contributed by atoms with E-state index >= 15 is 0 Å². The molecule has 1 aromatic heterocycles.